The minimum atomic E-state index is -0.652. The van der Waals surface area contributed by atoms with Crippen LogP contribution in [0.2, 0.25) is 0 Å². The summed E-state index contributed by atoms with van der Waals surface area (Å²) in [5, 5.41) is 9.34. The van der Waals surface area contributed by atoms with Gasteiger partial charge in [0.05, 0.1) is 0 Å². The van der Waals surface area contributed by atoms with Gasteiger partial charge in [0.15, 0.2) is 11.6 Å². The number of phenolic OH excluding ortho intramolecular Hbond substituents is 1. The summed E-state index contributed by atoms with van der Waals surface area (Å²) in [7, 11) is 0. The molecule has 0 amide bonds. The topological polar surface area (TPSA) is 37.3 Å². The number of aryl methyl sites for hydroxylation is 1. The molecule has 0 aliphatic carbocycles. The van der Waals surface area contributed by atoms with Crippen LogP contribution in [0.1, 0.15) is 25.0 Å². The third kappa shape index (κ3) is 2.31. The predicted molar refractivity (Wildman–Crippen MR) is 51.8 cm³/mol. The Labute approximate surface area is 82.4 Å². The zero-order chi connectivity index (χ0) is 10.7. The number of carbonyl (C=O) groups excluding carboxylic acids is 1. The first-order chi connectivity index (χ1) is 6.54. The van der Waals surface area contributed by atoms with Gasteiger partial charge in [0.2, 0.25) is 0 Å². The molecule has 0 aliphatic heterocycles. The SMILES string of the molecule is CCc1cc(F)c(O)c(CC(C)=O)c1. The van der Waals surface area contributed by atoms with Gasteiger partial charge in [-0.1, -0.05) is 13.0 Å². The molecule has 2 nitrogen and oxygen atoms in total. The molecule has 0 heterocycles. The molecule has 0 fully saturated rings. The predicted octanol–water partition coefficient (Wildman–Crippen LogP) is 2.23. The number of benzene rings is 1. The van der Waals surface area contributed by atoms with Crippen molar-refractivity contribution in [2.75, 3.05) is 0 Å². The molecule has 0 aliphatic rings. The molecule has 1 aromatic rings. The minimum Gasteiger partial charge on any atom is -0.505 e. The highest BCUT2D eigenvalue weighted by molar-refractivity contribution is 5.79. The summed E-state index contributed by atoms with van der Waals surface area (Å²) in [4.78, 5) is 10.8. The van der Waals surface area contributed by atoms with E-state index in [-0.39, 0.29) is 12.2 Å². The number of ketones is 1. The molecule has 0 aromatic heterocycles. The number of halogens is 1. The van der Waals surface area contributed by atoms with Crippen molar-refractivity contribution >= 4 is 5.78 Å². The van der Waals surface area contributed by atoms with Crippen LogP contribution in [0.3, 0.4) is 0 Å². The second kappa shape index (κ2) is 4.22. The normalized spacial score (nSPS) is 10.2. The Hall–Kier alpha value is -1.38. The van der Waals surface area contributed by atoms with Gasteiger partial charge >= 0.3 is 0 Å². The molecule has 1 aromatic carbocycles. The molecular weight excluding hydrogens is 183 g/mol. The van der Waals surface area contributed by atoms with E-state index in [1.54, 1.807) is 6.07 Å². The van der Waals surface area contributed by atoms with Gasteiger partial charge in [0.1, 0.15) is 5.78 Å². The van der Waals surface area contributed by atoms with Crippen LogP contribution in [0.5, 0.6) is 5.75 Å². The van der Waals surface area contributed by atoms with Crippen LogP contribution in [0.25, 0.3) is 0 Å². The van der Waals surface area contributed by atoms with Gasteiger partial charge in [0.25, 0.3) is 0 Å². The van der Waals surface area contributed by atoms with Gasteiger partial charge in [0, 0.05) is 12.0 Å². The average molecular weight is 196 g/mol. The van der Waals surface area contributed by atoms with Crippen molar-refractivity contribution in [3.63, 3.8) is 0 Å². The van der Waals surface area contributed by atoms with E-state index in [9.17, 15) is 14.3 Å². The Balaban J connectivity index is 3.13. The Morgan fingerprint density at radius 2 is 2.14 bits per heavy atom. The van der Waals surface area contributed by atoms with Crippen LogP contribution in [-0.4, -0.2) is 10.9 Å². The lowest BCUT2D eigenvalue weighted by atomic mass is 10.0. The third-order valence-corrected chi connectivity index (χ3v) is 2.05. The van der Waals surface area contributed by atoms with E-state index in [2.05, 4.69) is 0 Å². The number of aromatic hydroxyl groups is 1. The van der Waals surface area contributed by atoms with Crippen molar-refractivity contribution in [1.82, 2.24) is 0 Å². The molecule has 3 heteroatoms. The van der Waals surface area contributed by atoms with Crippen molar-refractivity contribution in [3.8, 4) is 5.75 Å². The largest absolute Gasteiger partial charge is 0.505 e. The van der Waals surface area contributed by atoms with Gasteiger partial charge in [-0.2, -0.15) is 0 Å². The Bertz CT molecular complexity index is 359. The average Bonchev–Trinajstić information content (AvgIpc) is 2.11. The van der Waals surface area contributed by atoms with Crippen LogP contribution >= 0.6 is 0 Å². The summed E-state index contributed by atoms with van der Waals surface area (Å²) in [5.74, 6) is -1.15. The molecule has 0 radical (unpaired) electrons. The van der Waals surface area contributed by atoms with Crippen molar-refractivity contribution in [3.05, 3.63) is 29.1 Å². The zero-order valence-electron chi connectivity index (χ0n) is 8.30. The lowest BCUT2D eigenvalue weighted by Gasteiger charge is -2.06. The number of rotatable bonds is 3. The van der Waals surface area contributed by atoms with Crippen LogP contribution in [-0.2, 0) is 17.6 Å². The van der Waals surface area contributed by atoms with E-state index in [1.807, 2.05) is 6.92 Å². The monoisotopic (exact) mass is 196 g/mol. The molecule has 0 saturated carbocycles. The van der Waals surface area contributed by atoms with Crippen molar-refractivity contribution < 1.29 is 14.3 Å². The first-order valence-corrected chi connectivity index (χ1v) is 4.54. The summed E-state index contributed by atoms with van der Waals surface area (Å²) in [6.45, 7) is 3.30. The van der Waals surface area contributed by atoms with Gasteiger partial charge in [-0.3, -0.25) is 4.79 Å². The van der Waals surface area contributed by atoms with Crippen molar-refractivity contribution in [1.29, 1.82) is 0 Å². The maximum absolute atomic E-state index is 13.1. The smallest absolute Gasteiger partial charge is 0.165 e. The second-order valence-corrected chi connectivity index (χ2v) is 3.32. The summed E-state index contributed by atoms with van der Waals surface area (Å²) in [6, 6.07) is 2.96. The molecule has 0 unspecified atom stereocenters. The molecular formula is C11H13FO2. The summed E-state index contributed by atoms with van der Waals surface area (Å²) < 4.78 is 13.1. The van der Waals surface area contributed by atoms with E-state index < -0.39 is 11.6 Å². The van der Waals surface area contributed by atoms with E-state index in [1.165, 1.54) is 13.0 Å². The van der Waals surface area contributed by atoms with Gasteiger partial charge < -0.3 is 5.11 Å². The molecule has 0 saturated heterocycles. The molecule has 1 N–H and O–H groups in total. The first kappa shape index (κ1) is 10.7. The van der Waals surface area contributed by atoms with E-state index in [4.69, 9.17) is 0 Å². The third-order valence-electron chi connectivity index (χ3n) is 2.05. The summed E-state index contributed by atoms with van der Waals surface area (Å²) >= 11 is 0. The fraction of sp³-hybridized carbons (Fsp3) is 0.364. The molecule has 76 valence electrons. The summed E-state index contributed by atoms with van der Waals surface area (Å²) in [6.07, 6.45) is 0.763. The Morgan fingerprint density at radius 1 is 1.50 bits per heavy atom. The molecule has 0 spiro atoms. The van der Waals surface area contributed by atoms with Gasteiger partial charge in [-0.25, -0.2) is 4.39 Å². The fourth-order valence-electron chi connectivity index (χ4n) is 1.33. The Morgan fingerprint density at radius 3 is 2.64 bits per heavy atom. The zero-order valence-corrected chi connectivity index (χ0v) is 8.30. The minimum absolute atomic E-state index is 0.0800. The second-order valence-electron chi connectivity index (χ2n) is 3.32. The van der Waals surface area contributed by atoms with Crippen molar-refractivity contribution in [2.45, 2.75) is 26.7 Å². The highest BCUT2D eigenvalue weighted by Crippen LogP contribution is 2.24. The maximum atomic E-state index is 13.1. The van der Waals surface area contributed by atoms with E-state index in [0.717, 1.165) is 5.56 Å². The number of hydrogen-bond acceptors (Lipinski definition) is 2. The van der Waals surface area contributed by atoms with Crippen molar-refractivity contribution in [2.24, 2.45) is 0 Å². The summed E-state index contributed by atoms with van der Waals surface area (Å²) in [5.41, 5.74) is 1.16. The first-order valence-electron chi connectivity index (χ1n) is 4.54. The number of carbonyl (C=O) groups is 1. The lowest BCUT2D eigenvalue weighted by Crippen LogP contribution is -1.99. The van der Waals surface area contributed by atoms with Crippen LogP contribution in [0.4, 0.5) is 4.39 Å². The lowest BCUT2D eigenvalue weighted by molar-refractivity contribution is -0.116. The number of hydrogen-bond donors (Lipinski definition) is 1. The Kier molecular flexibility index (Phi) is 3.23. The maximum Gasteiger partial charge on any atom is 0.165 e. The molecule has 0 atom stereocenters. The molecule has 0 bridgehead atoms. The number of Topliss-reactive ketones (excluding diaryl/α,β-unsaturated/α-hetero) is 1. The quantitative estimate of drug-likeness (QED) is 0.804. The van der Waals surface area contributed by atoms with E-state index >= 15 is 0 Å². The van der Waals surface area contributed by atoms with Crippen LogP contribution in [0.15, 0.2) is 12.1 Å². The van der Waals surface area contributed by atoms with Crippen LogP contribution < -0.4 is 0 Å². The number of phenols is 1. The van der Waals surface area contributed by atoms with Crippen LogP contribution in [0, 0.1) is 5.82 Å². The molecule has 14 heavy (non-hydrogen) atoms. The van der Waals surface area contributed by atoms with Gasteiger partial charge in [-0.05, 0) is 25.0 Å². The van der Waals surface area contributed by atoms with Gasteiger partial charge in [-0.15, -0.1) is 0 Å². The molecule has 1 rings (SSSR count). The van der Waals surface area contributed by atoms with E-state index in [0.29, 0.717) is 12.0 Å². The fourth-order valence-corrected chi connectivity index (χ4v) is 1.33. The highest BCUT2D eigenvalue weighted by Gasteiger charge is 2.10. The standard InChI is InChI=1S/C11H13FO2/c1-3-8-5-9(4-7(2)13)11(14)10(12)6-8/h5-6,14H,3-4H2,1-2H3. The highest BCUT2D eigenvalue weighted by atomic mass is 19.1.